The Kier molecular flexibility index (Phi) is 2.28. The minimum atomic E-state index is 0.401. The molecule has 6 heteroatoms. The topological polar surface area (TPSA) is 43.6 Å². The number of aryl methyl sites for hydroxylation is 1. The molecule has 13 heavy (non-hydrogen) atoms. The third-order valence-corrected chi connectivity index (χ3v) is 2.80. The zero-order chi connectivity index (χ0) is 9.26. The molecule has 0 amide bonds. The average Bonchev–Trinajstić information content (AvgIpc) is 2.71. The molecule has 0 aliphatic heterocycles. The number of hydrogen-bond donors (Lipinski definition) is 0. The zero-order valence-electron chi connectivity index (χ0n) is 6.94. The van der Waals surface area contributed by atoms with Crippen molar-refractivity contribution in [3.63, 3.8) is 0 Å². The second-order valence-electron chi connectivity index (χ2n) is 2.57. The SMILES string of the molecule is Cc1cnn(-c2nnc(CCl)s2)c1. The lowest BCUT2D eigenvalue weighted by Crippen LogP contribution is -1.92. The van der Waals surface area contributed by atoms with Gasteiger partial charge in [0, 0.05) is 6.20 Å². The minimum absolute atomic E-state index is 0.401. The maximum atomic E-state index is 5.61. The van der Waals surface area contributed by atoms with Crippen molar-refractivity contribution in [3.05, 3.63) is 23.0 Å². The molecule has 0 saturated heterocycles. The molecule has 0 spiro atoms. The molecule has 0 fully saturated rings. The van der Waals surface area contributed by atoms with E-state index in [9.17, 15) is 0 Å². The van der Waals surface area contributed by atoms with E-state index in [2.05, 4.69) is 15.3 Å². The molecule has 0 unspecified atom stereocenters. The van der Waals surface area contributed by atoms with Gasteiger partial charge in [0.1, 0.15) is 5.01 Å². The van der Waals surface area contributed by atoms with Gasteiger partial charge < -0.3 is 0 Å². The Morgan fingerprint density at radius 2 is 2.38 bits per heavy atom. The molecule has 0 aliphatic rings. The largest absolute Gasteiger partial charge is 0.232 e. The summed E-state index contributed by atoms with van der Waals surface area (Å²) in [5.41, 5.74) is 1.10. The fraction of sp³-hybridized carbons (Fsp3) is 0.286. The van der Waals surface area contributed by atoms with Gasteiger partial charge in [0.05, 0.1) is 12.1 Å². The van der Waals surface area contributed by atoms with Crippen LogP contribution in [-0.2, 0) is 5.88 Å². The van der Waals surface area contributed by atoms with Crippen LogP contribution in [0.5, 0.6) is 0 Å². The van der Waals surface area contributed by atoms with Crippen LogP contribution in [0.3, 0.4) is 0 Å². The van der Waals surface area contributed by atoms with Crippen LogP contribution in [-0.4, -0.2) is 20.0 Å². The van der Waals surface area contributed by atoms with E-state index in [1.165, 1.54) is 11.3 Å². The van der Waals surface area contributed by atoms with Crippen molar-refractivity contribution in [1.29, 1.82) is 0 Å². The van der Waals surface area contributed by atoms with Crippen molar-refractivity contribution in [2.75, 3.05) is 0 Å². The van der Waals surface area contributed by atoms with Gasteiger partial charge in [-0.1, -0.05) is 11.3 Å². The highest BCUT2D eigenvalue weighted by molar-refractivity contribution is 7.13. The van der Waals surface area contributed by atoms with Crippen molar-refractivity contribution in [2.45, 2.75) is 12.8 Å². The molecule has 2 rings (SSSR count). The fourth-order valence-electron chi connectivity index (χ4n) is 0.909. The lowest BCUT2D eigenvalue weighted by molar-refractivity contribution is 0.843. The molecule has 0 aromatic carbocycles. The van der Waals surface area contributed by atoms with E-state index in [0.717, 1.165) is 15.7 Å². The lowest BCUT2D eigenvalue weighted by atomic mass is 10.4. The average molecular weight is 215 g/mol. The van der Waals surface area contributed by atoms with E-state index in [1.807, 2.05) is 13.1 Å². The van der Waals surface area contributed by atoms with E-state index < -0.39 is 0 Å². The minimum Gasteiger partial charge on any atom is -0.212 e. The summed E-state index contributed by atoms with van der Waals surface area (Å²) in [6.07, 6.45) is 3.68. The molecular weight excluding hydrogens is 208 g/mol. The summed E-state index contributed by atoms with van der Waals surface area (Å²) < 4.78 is 1.70. The van der Waals surface area contributed by atoms with Gasteiger partial charge in [-0.3, -0.25) is 0 Å². The first-order valence-corrected chi connectivity index (χ1v) is 5.04. The Balaban J connectivity index is 2.35. The molecule has 0 N–H and O–H groups in total. The molecule has 4 nitrogen and oxygen atoms in total. The fourth-order valence-corrected chi connectivity index (χ4v) is 1.75. The van der Waals surface area contributed by atoms with Crippen LogP contribution in [0.2, 0.25) is 0 Å². The first kappa shape index (κ1) is 8.65. The summed E-state index contributed by atoms with van der Waals surface area (Å²) in [5.74, 6) is 0.401. The molecule has 0 bridgehead atoms. The molecule has 2 heterocycles. The zero-order valence-corrected chi connectivity index (χ0v) is 8.51. The molecule has 2 aromatic heterocycles. The molecule has 0 atom stereocenters. The highest BCUT2D eigenvalue weighted by Crippen LogP contribution is 2.15. The lowest BCUT2D eigenvalue weighted by Gasteiger charge is -1.89. The summed E-state index contributed by atoms with van der Waals surface area (Å²) >= 11 is 7.06. The van der Waals surface area contributed by atoms with Crippen LogP contribution in [0.1, 0.15) is 10.6 Å². The molecule has 2 aromatic rings. The second-order valence-corrected chi connectivity index (χ2v) is 3.88. The smallest absolute Gasteiger partial charge is 0.212 e. The first-order chi connectivity index (χ1) is 6.29. The molecular formula is C7H7ClN4S. The monoisotopic (exact) mass is 214 g/mol. The van der Waals surface area contributed by atoms with E-state index in [-0.39, 0.29) is 0 Å². The number of rotatable bonds is 2. The van der Waals surface area contributed by atoms with Crippen LogP contribution in [0.4, 0.5) is 0 Å². The Morgan fingerprint density at radius 1 is 1.54 bits per heavy atom. The van der Waals surface area contributed by atoms with Gasteiger partial charge in [-0.05, 0) is 12.5 Å². The number of alkyl halides is 1. The van der Waals surface area contributed by atoms with Gasteiger partial charge in [0.15, 0.2) is 0 Å². The van der Waals surface area contributed by atoms with Gasteiger partial charge in [-0.15, -0.1) is 21.8 Å². The Bertz CT molecular complexity index is 408. The van der Waals surface area contributed by atoms with Crippen molar-refractivity contribution in [2.24, 2.45) is 0 Å². The number of hydrogen-bond acceptors (Lipinski definition) is 4. The molecule has 0 saturated carbocycles. The van der Waals surface area contributed by atoms with Crippen LogP contribution < -0.4 is 0 Å². The van der Waals surface area contributed by atoms with Gasteiger partial charge in [0.25, 0.3) is 0 Å². The van der Waals surface area contributed by atoms with Crippen molar-refractivity contribution in [3.8, 4) is 5.13 Å². The number of nitrogens with zero attached hydrogens (tertiary/aromatic N) is 4. The van der Waals surface area contributed by atoms with E-state index >= 15 is 0 Å². The Morgan fingerprint density at radius 3 is 2.92 bits per heavy atom. The van der Waals surface area contributed by atoms with Crippen molar-refractivity contribution >= 4 is 22.9 Å². The van der Waals surface area contributed by atoms with E-state index in [4.69, 9.17) is 11.6 Å². The van der Waals surface area contributed by atoms with Crippen LogP contribution in [0.25, 0.3) is 5.13 Å². The summed E-state index contributed by atoms with van der Waals surface area (Å²) in [6.45, 7) is 1.98. The van der Waals surface area contributed by atoms with Crippen LogP contribution in [0, 0.1) is 6.92 Å². The Hall–Kier alpha value is -0.940. The van der Waals surface area contributed by atoms with Gasteiger partial charge >= 0.3 is 0 Å². The van der Waals surface area contributed by atoms with Gasteiger partial charge in [-0.25, -0.2) is 4.68 Å². The normalized spacial score (nSPS) is 10.6. The summed E-state index contributed by atoms with van der Waals surface area (Å²) in [5, 5.41) is 13.5. The first-order valence-electron chi connectivity index (χ1n) is 3.69. The van der Waals surface area contributed by atoms with Gasteiger partial charge in [0.2, 0.25) is 5.13 Å². The van der Waals surface area contributed by atoms with Crippen LogP contribution in [0.15, 0.2) is 12.4 Å². The molecule has 0 radical (unpaired) electrons. The number of halogens is 1. The number of aromatic nitrogens is 4. The predicted octanol–water partition coefficient (Wildman–Crippen LogP) is 1.77. The van der Waals surface area contributed by atoms with Crippen molar-refractivity contribution < 1.29 is 0 Å². The highest BCUT2D eigenvalue weighted by Gasteiger charge is 2.05. The third-order valence-electron chi connectivity index (χ3n) is 1.48. The summed E-state index contributed by atoms with van der Waals surface area (Å²) in [7, 11) is 0. The van der Waals surface area contributed by atoms with E-state index in [0.29, 0.717) is 5.88 Å². The summed E-state index contributed by atoms with van der Waals surface area (Å²) in [4.78, 5) is 0. The summed E-state index contributed by atoms with van der Waals surface area (Å²) in [6, 6.07) is 0. The van der Waals surface area contributed by atoms with Crippen molar-refractivity contribution in [1.82, 2.24) is 20.0 Å². The standard InChI is InChI=1S/C7H7ClN4S/c1-5-3-9-12(4-5)7-11-10-6(2-8)13-7/h3-4H,2H2,1H3. The maximum Gasteiger partial charge on any atom is 0.232 e. The maximum absolute atomic E-state index is 5.61. The molecule has 68 valence electrons. The highest BCUT2D eigenvalue weighted by atomic mass is 35.5. The van der Waals surface area contributed by atoms with E-state index in [1.54, 1.807) is 10.9 Å². The quantitative estimate of drug-likeness (QED) is 0.716. The second kappa shape index (κ2) is 3.43. The third kappa shape index (κ3) is 1.71. The van der Waals surface area contributed by atoms with Crippen LogP contribution >= 0.6 is 22.9 Å². The molecule has 0 aliphatic carbocycles. The van der Waals surface area contributed by atoms with Gasteiger partial charge in [-0.2, -0.15) is 5.10 Å². The Labute approximate surface area is 84.2 Å². The predicted molar refractivity (Wildman–Crippen MR) is 51.3 cm³/mol.